The number of rotatable bonds is 5. The number of fused-ring (bicyclic) bond motifs is 2. The molecule has 3 aromatic rings. The number of pyridine rings is 1. The van der Waals surface area contributed by atoms with E-state index in [1.165, 1.54) is 18.9 Å². The van der Waals surface area contributed by atoms with Crippen LogP contribution in [-0.2, 0) is 14.2 Å². The van der Waals surface area contributed by atoms with Crippen LogP contribution in [0.3, 0.4) is 0 Å². The van der Waals surface area contributed by atoms with Gasteiger partial charge in [-0.15, -0.1) is 0 Å². The minimum Gasteiger partial charge on any atom is -0.365 e. The van der Waals surface area contributed by atoms with E-state index in [0.717, 1.165) is 18.7 Å². The van der Waals surface area contributed by atoms with Crippen LogP contribution in [-0.4, -0.2) is 54.6 Å². The van der Waals surface area contributed by atoms with Crippen molar-refractivity contribution in [3.05, 3.63) is 48.6 Å². The molecule has 3 aliphatic rings. The summed E-state index contributed by atoms with van der Waals surface area (Å²) in [6.45, 7) is 3.77. The topological polar surface area (TPSA) is 96.2 Å². The summed E-state index contributed by atoms with van der Waals surface area (Å²) < 4.78 is 34.2. The predicted molar refractivity (Wildman–Crippen MR) is 122 cm³/mol. The molecule has 1 N–H and O–H groups in total. The van der Waals surface area contributed by atoms with E-state index in [1.54, 1.807) is 30.9 Å². The van der Waals surface area contributed by atoms with Crippen LogP contribution in [0, 0.1) is 5.95 Å². The summed E-state index contributed by atoms with van der Waals surface area (Å²) in [7, 11) is 0. The van der Waals surface area contributed by atoms with E-state index in [2.05, 4.69) is 25.3 Å². The molecule has 1 saturated carbocycles. The van der Waals surface area contributed by atoms with Gasteiger partial charge in [0.05, 0.1) is 12.0 Å². The first-order valence-electron chi connectivity index (χ1n) is 11.7. The third kappa shape index (κ3) is 3.95. The van der Waals surface area contributed by atoms with E-state index in [1.807, 2.05) is 24.5 Å². The Morgan fingerprint density at radius 1 is 1.12 bits per heavy atom. The van der Waals surface area contributed by atoms with E-state index in [-0.39, 0.29) is 12.2 Å². The number of ether oxygens (including phenoxy) is 3. The second-order valence-electron chi connectivity index (χ2n) is 9.47. The van der Waals surface area contributed by atoms with Crippen molar-refractivity contribution in [3.8, 4) is 0 Å². The number of hydrogen-bond acceptors (Lipinski definition) is 8. The number of halogens is 1. The molecule has 2 saturated heterocycles. The van der Waals surface area contributed by atoms with Crippen LogP contribution in [0.2, 0.25) is 0 Å². The fourth-order valence-corrected chi connectivity index (χ4v) is 5.10. The van der Waals surface area contributed by atoms with Crippen LogP contribution >= 0.6 is 0 Å². The fraction of sp³-hybridized carbons (Fsp3) is 0.500. The minimum atomic E-state index is -0.763. The Morgan fingerprint density at radius 2 is 1.94 bits per heavy atom. The van der Waals surface area contributed by atoms with E-state index >= 15 is 0 Å². The van der Waals surface area contributed by atoms with Gasteiger partial charge >= 0.3 is 0 Å². The van der Waals surface area contributed by atoms with Crippen molar-refractivity contribution in [3.63, 3.8) is 0 Å². The predicted octanol–water partition coefficient (Wildman–Crippen LogP) is 3.85. The van der Waals surface area contributed by atoms with E-state index in [4.69, 9.17) is 14.2 Å². The molecule has 0 radical (unpaired) electrons. The zero-order valence-electron chi connectivity index (χ0n) is 19.1. The standard InChI is InChI=1S/C24H27FN6O3/c1-24(2)33-19-16(11-10-15-8-5-9-17(25)29-15)32-23(20(19)34-24)31-13-28-18-21(26-12-27-22(18)31)30-14-6-3-4-7-14/h5,8-14,16,19-20,23H,3-4,6-7H2,1-2H3,(H,26,27,30)/t16-,19-,20+,23-/m1/s1. The Kier molecular flexibility index (Phi) is 5.31. The lowest BCUT2D eigenvalue weighted by atomic mass is 10.1. The first kappa shape index (κ1) is 21.6. The molecule has 3 aromatic heterocycles. The minimum absolute atomic E-state index is 0.347. The number of anilines is 1. The maximum absolute atomic E-state index is 13.5. The van der Waals surface area contributed by atoms with Gasteiger partial charge in [0.2, 0.25) is 5.95 Å². The van der Waals surface area contributed by atoms with Gasteiger partial charge in [0, 0.05) is 6.04 Å². The molecule has 1 aliphatic carbocycles. The molecule has 0 aromatic carbocycles. The van der Waals surface area contributed by atoms with E-state index in [9.17, 15) is 4.39 Å². The number of nitrogens with one attached hydrogen (secondary N) is 1. The lowest BCUT2D eigenvalue weighted by molar-refractivity contribution is -0.191. The Balaban J connectivity index is 1.31. The van der Waals surface area contributed by atoms with E-state index in [0.29, 0.717) is 22.9 Å². The molecule has 0 spiro atoms. The quantitative estimate of drug-likeness (QED) is 0.567. The van der Waals surface area contributed by atoms with Crippen LogP contribution in [0.1, 0.15) is 51.5 Å². The van der Waals surface area contributed by atoms with Crippen molar-refractivity contribution >= 4 is 23.1 Å². The third-order valence-corrected chi connectivity index (χ3v) is 6.59. The molecule has 178 valence electrons. The summed E-state index contributed by atoms with van der Waals surface area (Å²) >= 11 is 0. The Labute approximate surface area is 196 Å². The van der Waals surface area contributed by atoms with Gasteiger partial charge in [-0.25, -0.2) is 19.9 Å². The van der Waals surface area contributed by atoms with Gasteiger partial charge in [-0.05, 0) is 44.9 Å². The van der Waals surface area contributed by atoms with Crippen LogP contribution in [0.15, 0.2) is 36.9 Å². The van der Waals surface area contributed by atoms with Crippen molar-refractivity contribution in [1.29, 1.82) is 0 Å². The summed E-state index contributed by atoms with van der Waals surface area (Å²) in [5, 5.41) is 3.53. The number of nitrogens with zero attached hydrogens (tertiary/aromatic N) is 5. The second kappa shape index (κ2) is 8.37. The van der Waals surface area contributed by atoms with Crippen LogP contribution in [0.4, 0.5) is 10.2 Å². The van der Waals surface area contributed by atoms with E-state index < -0.39 is 24.1 Å². The summed E-state index contributed by atoms with van der Waals surface area (Å²) in [6.07, 6.45) is 9.93. The summed E-state index contributed by atoms with van der Waals surface area (Å²) in [5.41, 5.74) is 1.88. The van der Waals surface area contributed by atoms with Crippen molar-refractivity contribution in [2.75, 3.05) is 5.32 Å². The Bertz CT molecular complexity index is 1220. The third-order valence-electron chi connectivity index (χ3n) is 6.59. The number of imidazole rings is 1. The average Bonchev–Trinajstić information content (AvgIpc) is 3.57. The van der Waals surface area contributed by atoms with Gasteiger partial charge < -0.3 is 19.5 Å². The molecule has 2 aliphatic heterocycles. The molecule has 5 heterocycles. The van der Waals surface area contributed by atoms with Gasteiger partial charge in [-0.3, -0.25) is 4.57 Å². The average molecular weight is 467 g/mol. The molecule has 4 atom stereocenters. The molecule has 0 bridgehead atoms. The molecule has 9 nitrogen and oxygen atoms in total. The highest BCUT2D eigenvalue weighted by Gasteiger charge is 2.55. The maximum Gasteiger partial charge on any atom is 0.213 e. The summed E-state index contributed by atoms with van der Waals surface area (Å²) in [5.74, 6) is -0.553. The molecule has 0 amide bonds. The highest BCUT2D eigenvalue weighted by molar-refractivity contribution is 5.82. The highest BCUT2D eigenvalue weighted by Crippen LogP contribution is 2.44. The van der Waals surface area contributed by atoms with Crippen molar-refractivity contribution < 1.29 is 18.6 Å². The lowest BCUT2D eigenvalue weighted by Gasteiger charge is -2.24. The molecular weight excluding hydrogens is 439 g/mol. The molecule has 10 heteroatoms. The summed E-state index contributed by atoms with van der Waals surface area (Å²) in [4.78, 5) is 17.4. The Hall–Kier alpha value is -2.95. The van der Waals surface area contributed by atoms with Crippen LogP contribution in [0.25, 0.3) is 17.2 Å². The second-order valence-corrected chi connectivity index (χ2v) is 9.47. The molecular formula is C24H27FN6O3. The monoisotopic (exact) mass is 466 g/mol. The number of hydrogen-bond donors (Lipinski definition) is 1. The zero-order valence-corrected chi connectivity index (χ0v) is 19.1. The molecule has 6 rings (SSSR count). The normalized spacial score (nSPS) is 28.8. The fourth-order valence-electron chi connectivity index (χ4n) is 5.10. The van der Waals surface area contributed by atoms with Crippen molar-refractivity contribution in [2.24, 2.45) is 0 Å². The SMILES string of the molecule is CC1(C)O[C@H]2[C@H](O1)[C@@H](C=Cc1cccc(F)n1)O[C@H]2n1cnc2c(NC3CCCC3)ncnc21. The van der Waals surface area contributed by atoms with Gasteiger partial charge in [-0.1, -0.05) is 25.0 Å². The smallest absolute Gasteiger partial charge is 0.213 e. The highest BCUT2D eigenvalue weighted by atomic mass is 19.1. The maximum atomic E-state index is 13.5. The number of aromatic nitrogens is 5. The van der Waals surface area contributed by atoms with Gasteiger partial charge in [-0.2, -0.15) is 4.39 Å². The molecule has 34 heavy (non-hydrogen) atoms. The van der Waals surface area contributed by atoms with Crippen molar-refractivity contribution in [2.45, 2.75) is 75.9 Å². The zero-order chi connectivity index (χ0) is 23.3. The van der Waals surface area contributed by atoms with Gasteiger partial charge in [0.15, 0.2) is 29.0 Å². The van der Waals surface area contributed by atoms with Gasteiger partial charge in [0.25, 0.3) is 0 Å². The largest absolute Gasteiger partial charge is 0.365 e. The first-order valence-corrected chi connectivity index (χ1v) is 11.7. The van der Waals surface area contributed by atoms with Crippen LogP contribution in [0.5, 0.6) is 0 Å². The van der Waals surface area contributed by atoms with Gasteiger partial charge in [0.1, 0.15) is 24.6 Å². The lowest BCUT2D eigenvalue weighted by Crippen LogP contribution is -2.28. The molecule has 3 fully saturated rings. The first-order chi connectivity index (χ1) is 16.5. The molecule has 0 unspecified atom stereocenters. The Morgan fingerprint density at radius 3 is 2.76 bits per heavy atom. The van der Waals surface area contributed by atoms with Crippen molar-refractivity contribution in [1.82, 2.24) is 24.5 Å². The van der Waals surface area contributed by atoms with Crippen LogP contribution < -0.4 is 5.32 Å². The summed E-state index contributed by atoms with van der Waals surface area (Å²) in [6, 6.07) is 5.08.